The molecule has 0 aliphatic heterocycles. The predicted octanol–water partition coefficient (Wildman–Crippen LogP) is 2.62. The van der Waals surface area contributed by atoms with E-state index in [4.69, 9.17) is 4.74 Å². The molecule has 0 aliphatic carbocycles. The molecule has 4 N–H and O–H groups in total. The Bertz CT molecular complexity index is 706. The number of ether oxygens (including phenoxy) is 1. The monoisotopic (exact) mass is 358 g/mol. The van der Waals surface area contributed by atoms with Gasteiger partial charge in [0.15, 0.2) is 0 Å². The van der Waals surface area contributed by atoms with E-state index in [0.717, 1.165) is 18.6 Å². The van der Waals surface area contributed by atoms with Gasteiger partial charge in [-0.3, -0.25) is 4.79 Å². The lowest BCUT2D eigenvalue weighted by atomic mass is 10.1. The number of carbonyl (C=O) groups is 1. The number of benzene rings is 2. The quantitative estimate of drug-likeness (QED) is 0.282. The number of aliphatic hydroxyl groups excluding tert-OH is 1. The first-order chi connectivity index (χ1) is 12.6. The second-order valence-electron chi connectivity index (χ2n) is 6.00. The van der Waals surface area contributed by atoms with Crippen molar-refractivity contribution >= 4 is 12.1 Å². The van der Waals surface area contributed by atoms with Crippen LogP contribution in [0.1, 0.15) is 30.6 Å². The Labute approximate surface area is 153 Å². The third-order valence-corrected chi connectivity index (χ3v) is 3.92. The molecule has 1 atom stereocenters. The van der Waals surface area contributed by atoms with E-state index < -0.39 is 6.10 Å². The Kier molecular flexibility index (Phi) is 7.92. The molecule has 26 heavy (non-hydrogen) atoms. The zero-order valence-electron chi connectivity index (χ0n) is 14.9. The molecular formula is C20H26N2O4. The van der Waals surface area contributed by atoms with Crippen LogP contribution in [0.25, 0.3) is 0 Å². The number of nitrogens with one attached hydrogen (secondary N) is 2. The van der Waals surface area contributed by atoms with Crippen molar-refractivity contribution in [3.8, 4) is 11.5 Å². The van der Waals surface area contributed by atoms with E-state index >= 15 is 0 Å². The van der Waals surface area contributed by atoms with Gasteiger partial charge in [-0.1, -0.05) is 25.1 Å². The van der Waals surface area contributed by atoms with Crippen LogP contribution in [0.2, 0.25) is 0 Å². The normalized spacial score (nSPS) is 11.8. The number of hydrogen-bond acceptors (Lipinski definition) is 5. The minimum absolute atomic E-state index is 0.0359. The number of aliphatic hydroxyl groups is 1. The van der Waals surface area contributed by atoms with Gasteiger partial charge in [-0.2, -0.15) is 0 Å². The molecule has 0 unspecified atom stereocenters. The van der Waals surface area contributed by atoms with Gasteiger partial charge in [-0.15, -0.1) is 0 Å². The van der Waals surface area contributed by atoms with Crippen molar-refractivity contribution in [3.05, 3.63) is 53.6 Å². The minimum atomic E-state index is -0.734. The molecule has 2 aromatic carbocycles. The number of phenolic OH excluding ortho intramolecular Hbond substituents is 1. The molecule has 0 saturated carbocycles. The molecule has 1 amide bonds. The molecule has 0 radical (unpaired) electrons. The van der Waals surface area contributed by atoms with E-state index in [-0.39, 0.29) is 11.4 Å². The van der Waals surface area contributed by atoms with Crippen molar-refractivity contribution in [2.24, 2.45) is 0 Å². The molecular weight excluding hydrogens is 332 g/mol. The van der Waals surface area contributed by atoms with E-state index in [2.05, 4.69) is 17.6 Å². The van der Waals surface area contributed by atoms with Crippen molar-refractivity contribution in [2.75, 3.05) is 25.0 Å². The average molecular weight is 358 g/mol. The van der Waals surface area contributed by atoms with Crippen molar-refractivity contribution in [1.82, 2.24) is 5.32 Å². The van der Waals surface area contributed by atoms with Crippen LogP contribution in [-0.2, 0) is 11.2 Å². The van der Waals surface area contributed by atoms with Crippen molar-refractivity contribution in [3.63, 3.8) is 0 Å². The lowest BCUT2D eigenvalue weighted by Gasteiger charge is -2.14. The van der Waals surface area contributed by atoms with Crippen molar-refractivity contribution in [2.45, 2.75) is 25.9 Å². The maximum absolute atomic E-state index is 10.5. The Hall–Kier alpha value is -2.57. The summed E-state index contributed by atoms with van der Waals surface area (Å²) in [5.74, 6) is 0.842. The summed E-state index contributed by atoms with van der Waals surface area (Å²) in [7, 11) is 0. The van der Waals surface area contributed by atoms with Gasteiger partial charge >= 0.3 is 0 Å². The standard InChI is InChI=1S/C20H26N2O4/c1-2-10-26-17-5-3-4-15(11-17)8-9-21-13-20(25)16-6-7-19(24)18(12-16)22-14-23/h3-7,11-12,14,20-21,24-25H,2,8-10,13H2,1H3,(H,22,23)/t20-/m0/s1. The summed E-state index contributed by atoms with van der Waals surface area (Å²) in [5.41, 5.74) is 2.07. The van der Waals surface area contributed by atoms with E-state index in [1.807, 2.05) is 24.3 Å². The highest BCUT2D eigenvalue weighted by Crippen LogP contribution is 2.26. The Morgan fingerprint density at radius 1 is 1.23 bits per heavy atom. The smallest absolute Gasteiger partial charge is 0.211 e. The number of phenols is 1. The van der Waals surface area contributed by atoms with Gasteiger partial charge in [0.1, 0.15) is 11.5 Å². The summed E-state index contributed by atoms with van der Waals surface area (Å²) in [6.45, 7) is 3.87. The summed E-state index contributed by atoms with van der Waals surface area (Å²) in [6, 6.07) is 12.7. The first-order valence-corrected chi connectivity index (χ1v) is 8.77. The van der Waals surface area contributed by atoms with E-state index in [9.17, 15) is 15.0 Å². The third kappa shape index (κ3) is 6.06. The Morgan fingerprint density at radius 2 is 2.08 bits per heavy atom. The van der Waals surface area contributed by atoms with Gasteiger partial charge in [-0.05, 0) is 54.8 Å². The molecule has 0 bridgehead atoms. The predicted molar refractivity (Wildman–Crippen MR) is 102 cm³/mol. The molecule has 2 rings (SSSR count). The van der Waals surface area contributed by atoms with E-state index in [1.54, 1.807) is 12.1 Å². The topological polar surface area (TPSA) is 90.8 Å². The summed E-state index contributed by atoms with van der Waals surface area (Å²) in [4.78, 5) is 10.5. The van der Waals surface area contributed by atoms with Crippen LogP contribution in [0, 0.1) is 0 Å². The summed E-state index contributed by atoms with van der Waals surface area (Å²) < 4.78 is 5.63. The van der Waals surface area contributed by atoms with Crippen LogP contribution >= 0.6 is 0 Å². The number of amides is 1. The third-order valence-electron chi connectivity index (χ3n) is 3.92. The highest BCUT2D eigenvalue weighted by Gasteiger charge is 2.10. The van der Waals surface area contributed by atoms with Crippen LogP contribution in [0.3, 0.4) is 0 Å². The van der Waals surface area contributed by atoms with Crippen LogP contribution in [0.5, 0.6) is 11.5 Å². The lowest BCUT2D eigenvalue weighted by Crippen LogP contribution is -2.23. The van der Waals surface area contributed by atoms with Crippen LogP contribution < -0.4 is 15.4 Å². The molecule has 0 spiro atoms. The first kappa shape index (κ1) is 19.8. The minimum Gasteiger partial charge on any atom is -0.506 e. The van der Waals surface area contributed by atoms with Crippen LogP contribution in [-0.4, -0.2) is 36.3 Å². The molecule has 2 aromatic rings. The maximum Gasteiger partial charge on any atom is 0.211 e. The SMILES string of the molecule is CCCOc1cccc(CCNC[C@H](O)c2ccc(O)c(NC=O)c2)c1. The second-order valence-corrected chi connectivity index (χ2v) is 6.00. The lowest BCUT2D eigenvalue weighted by molar-refractivity contribution is -0.105. The van der Waals surface area contributed by atoms with Gasteiger partial charge in [0.2, 0.25) is 6.41 Å². The highest BCUT2D eigenvalue weighted by molar-refractivity contribution is 5.75. The zero-order chi connectivity index (χ0) is 18.8. The second kappa shape index (κ2) is 10.4. The van der Waals surface area contributed by atoms with Crippen molar-refractivity contribution < 1.29 is 19.7 Å². The average Bonchev–Trinajstić information content (AvgIpc) is 2.65. The molecule has 0 aromatic heterocycles. The molecule has 6 heteroatoms. The molecule has 0 fully saturated rings. The number of carbonyl (C=O) groups excluding carboxylic acids is 1. The summed E-state index contributed by atoms with van der Waals surface area (Å²) in [5, 5.41) is 25.5. The van der Waals surface area contributed by atoms with Gasteiger partial charge in [-0.25, -0.2) is 0 Å². The molecule has 140 valence electrons. The zero-order valence-corrected chi connectivity index (χ0v) is 14.9. The van der Waals surface area contributed by atoms with Gasteiger partial charge in [0, 0.05) is 6.54 Å². The number of rotatable bonds is 11. The van der Waals surface area contributed by atoms with Crippen molar-refractivity contribution in [1.29, 1.82) is 0 Å². The Balaban J connectivity index is 1.80. The Morgan fingerprint density at radius 3 is 2.85 bits per heavy atom. The largest absolute Gasteiger partial charge is 0.506 e. The molecule has 0 aliphatic rings. The fourth-order valence-electron chi connectivity index (χ4n) is 2.54. The highest BCUT2D eigenvalue weighted by atomic mass is 16.5. The number of anilines is 1. The maximum atomic E-state index is 10.5. The molecule has 6 nitrogen and oxygen atoms in total. The first-order valence-electron chi connectivity index (χ1n) is 8.77. The summed E-state index contributed by atoms with van der Waals surface area (Å²) in [6.07, 6.45) is 1.55. The van der Waals surface area contributed by atoms with Gasteiger partial charge in [0.05, 0.1) is 18.4 Å². The van der Waals surface area contributed by atoms with E-state index in [0.29, 0.717) is 31.7 Å². The van der Waals surface area contributed by atoms with Crippen LogP contribution in [0.15, 0.2) is 42.5 Å². The molecule has 0 saturated heterocycles. The van der Waals surface area contributed by atoms with Crippen LogP contribution in [0.4, 0.5) is 5.69 Å². The fourth-order valence-corrected chi connectivity index (χ4v) is 2.54. The van der Waals surface area contributed by atoms with Gasteiger partial charge in [0.25, 0.3) is 0 Å². The number of aromatic hydroxyl groups is 1. The van der Waals surface area contributed by atoms with Gasteiger partial charge < -0.3 is 25.6 Å². The summed E-state index contributed by atoms with van der Waals surface area (Å²) >= 11 is 0. The fraction of sp³-hybridized carbons (Fsp3) is 0.350. The number of hydrogen-bond donors (Lipinski definition) is 4. The molecule has 0 heterocycles. The van der Waals surface area contributed by atoms with E-state index in [1.165, 1.54) is 11.6 Å².